The number of aliphatic hydroxyl groups excluding tert-OH is 1. The monoisotopic (exact) mass is 218 g/mol. The lowest BCUT2D eigenvalue weighted by molar-refractivity contribution is 0.197. The highest BCUT2D eigenvalue weighted by Gasteiger charge is 2.10. The van der Waals surface area contributed by atoms with Crippen molar-refractivity contribution in [1.82, 2.24) is 19.7 Å². The summed E-state index contributed by atoms with van der Waals surface area (Å²) in [4.78, 5) is 8.57. The summed E-state index contributed by atoms with van der Waals surface area (Å²) in [5.41, 5.74) is 2.43. The fourth-order valence-corrected chi connectivity index (χ4v) is 1.56. The molecule has 2 aromatic rings. The highest BCUT2D eigenvalue weighted by molar-refractivity contribution is 5.52. The maximum atomic E-state index is 9.47. The van der Waals surface area contributed by atoms with E-state index >= 15 is 0 Å². The third kappa shape index (κ3) is 1.94. The van der Waals surface area contributed by atoms with Crippen LogP contribution in [-0.4, -0.2) is 24.9 Å². The van der Waals surface area contributed by atoms with Crippen LogP contribution in [0.2, 0.25) is 0 Å². The number of aryl methyl sites for hydroxylation is 2. The van der Waals surface area contributed by atoms with Gasteiger partial charge in [0.15, 0.2) is 5.82 Å². The molecular formula is C11H14N4O. The van der Waals surface area contributed by atoms with Crippen LogP contribution in [0.4, 0.5) is 0 Å². The van der Waals surface area contributed by atoms with E-state index in [0.717, 1.165) is 16.8 Å². The van der Waals surface area contributed by atoms with Gasteiger partial charge in [-0.05, 0) is 13.8 Å². The van der Waals surface area contributed by atoms with Crippen molar-refractivity contribution in [3.05, 3.63) is 29.8 Å². The van der Waals surface area contributed by atoms with Crippen LogP contribution >= 0.6 is 0 Å². The maximum Gasteiger partial charge on any atom is 0.162 e. The molecule has 1 atom stereocenters. The molecule has 0 fully saturated rings. The Bertz CT molecular complexity index is 504. The van der Waals surface area contributed by atoms with Crippen molar-refractivity contribution in [2.75, 3.05) is 0 Å². The first-order chi connectivity index (χ1) is 7.58. The minimum absolute atomic E-state index is 0.539. The van der Waals surface area contributed by atoms with E-state index in [-0.39, 0.29) is 0 Å². The summed E-state index contributed by atoms with van der Waals surface area (Å²) in [5, 5.41) is 13.5. The van der Waals surface area contributed by atoms with Gasteiger partial charge in [0, 0.05) is 30.7 Å². The summed E-state index contributed by atoms with van der Waals surface area (Å²) >= 11 is 0. The molecule has 0 amide bonds. The molecule has 2 rings (SSSR count). The molecule has 0 unspecified atom stereocenters. The summed E-state index contributed by atoms with van der Waals surface area (Å²) in [7, 11) is 1.85. The Hall–Kier alpha value is -1.75. The average Bonchev–Trinajstić information content (AvgIpc) is 2.64. The first-order valence-electron chi connectivity index (χ1n) is 5.08. The number of hydrogen-bond acceptors (Lipinski definition) is 4. The summed E-state index contributed by atoms with van der Waals surface area (Å²) < 4.78 is 1.70. The predicted octanol–water partition coefficient (Wildman–Crippen LogP) is 1.24. The molecule has 84 valence electrons. The molecular weight excluding hydrogens is 204 g/mol. The number of aromatic nitrogens is 4. The zero-order valence-corrected chi connectivity index (χ0v) is 9.55. The summed E-state index contributed by atoms with van der Waals surface area (Å²) in [6, 6.07) is 0. The smallest absolute Gasteiger partial charge is 0.162 e. The Morgan fingerprint density at radius 1 is 1.38 bits per heavy atom. The molecule has 0 aliphatic rings. The van der Waals surface area contributed by atoms with Crippen LogP contribution in [0.25, 0.3) is 11.4 Å². The van der Waals surface area contributed by atoms with E-state index in [1.807, 2.05) is 20.2 Å². The number of hydrogen-bond donors (Lipinski definition) is 1. The van der Waals surface area contributed by atoms with Gasteiger partial charge in [0.2, 0.25) is 0 Å². The Labute approximate surface area is 93.8 Å². The minimum Gasteiger partial charge on any atom is -0.389 e. The molecule has 2 aromatic heterocycles. The van der Waals surface area contributed by atoms with Crippen molar-refractivity contribution in [3.63, 3.8) is 0 Å². The van der Waals surface area contributed by atoms with Gasteiger partial charge in [-0.25, -0.2) is 9.97 Å². The van der Waals surface area contributed by atoms with Crippen LogP contribution < -0.4 is 0 Å². The van der Waals surface area contributed by atoms with E-state index in [1.54, 1.807) is 24.0 Å². The predicted molar refractivity (Wildman–Crippen MR) is 59.6 cm³/mol. The molecule has 0 bridgehead atoms. The molecule has 1 N–H and O–H groups in total. The Kier molecular flexibility index (Phi) is 2.70. The molecule has 5 nitrogen and oxygen atoms in total. The normalized spacial score (nSPS) is 12.8. The van der Waals surface area contributed by atoms with Crippen LogP contribution in [0.3, 0.4) is 0 Å². The summed E-state index contributed by atoms with van der Waals surface area (Å²) in [5.74, 6) is 0.634. The molecule has 0 saturated heterocycles. The first kappa shape index (κ1) is 10.8. The lowest BCUT2D eigenvalue weighted by Gasteiger charge is -2.07. The van der Waals surface area contributed by atoms with Gasteiger partial charge in [-0.1, -0.05) is 0 Å². The molecule has 0 spiro atoms. The van der Waals surface area contributed by atoms with Crippen molar-refractivity contribution in [1.29, 1.82) is 0 Å². The molecule has 0 saturated carbocycles. The van der Waals surface area contributed by atoms with Gasteiger partial charge in [0.05, 0.1) is 17.9 Å². The highest BCUT2D eigenvalue weighted by atomic mass is 16.3. The lowest BCUT2D eigenvalue weighted by Crippen LogP contribution is -2.00. The van der Waals surface area contributed by atoms with Crippen LogP contribution in [0.15, 0.2) is 18.6 Å². The summed E-state index contributed by atoms with van der Waals surface area (Å²) in [6.45, 7) is 3.57. The second-order valence-electron chi connectivity index (χ2n) is 3.81. The SMILES string of the molecule is Cc1nc(-c2cnn(C)c2)ncc1[C@@H](C)O. The number of aliphatic hydroxyl groups is 1. The maximum absolute atomic E-state index is 9.47. The van der Waals surface area contributed by atoms with Gasteiger partial charge in [-0.2, -0.15) is 5.10 Å². The van der Waals surface area contributed by atoms with E-state index in [4.69, 9.17) is 0 Å². The lowest BCUT2D eigenvalue weighted by atomic mass is 10.1. The highest BCUT2D eigenvalue weighted by Crippen LogP contribution is 2.18. The zero-order chi connectivity index (χ0) is 11.7. The van der Waals surface area contributed by atoms with Crippen molar-refractivity contribution < 1.29 is 5.11 Å². The van der Waals surface area contributed by atoms with E-state index in [2.05, 4.69) is 15.1 Å². The molecule has 5 heteroatoms. The Morgan fingerprint density at radius 2 is 2.12 bits per heavy atom. The quantitative estimate of drug-likeness (QED) is 0.823. The molecule has 16 heavy (non-hydrogen) atoms. The van der Waals surface area contributed by atoms with Gasteiger partial charge >= 0.3 is 0 Å². The fraction of sp³-hybridized carbons (Fsp3) is 0.364. The first-order valence-corrected chi connectivity index (χ1v) is 5.08. The molecule has 0 aliphatic heterocycles. The third-order valence-electron chi connectivity index (χ3n) is 2.43. The van der Waals surface area contributed by atoms with Gasteiger partial charge < -0.3 is 5.11 Å². The molecule has 0 aromatic carbocycles. The van der Waals surface area contributed by atoms with Crippen molar-refractivity contribution in [2.24, 2.45) is 7.05 Å². The van der Waals surface area contributed by atoms with Crippen LogP contribution in [0.5, 0.6) is 0 Å². The largest absolute Gasteiger partial charge is 0.389 e. The fourth-order valence-electron chi connectivity index (χ4n) is 1.56. The number of nitrogens with zero attached hydrogens (tertiary/aromatic N) is 4. The average molecular weight is 218 g/mol. The molecule has 0 aliphatic carbocycles. The van der Waals surface area contributed by atoms with Gasteiger partial charge in [0.25, 0.3) is 0 Å². The standard InChI is InChI=1S/C11H14N4O/c1-7-10(8(2)16)5-12-11(14-7)9-4-13-15(3)6-9/h4-6,8,16H,1-3H3/t8-/m1/s1. The van der Waals surface area contributed by atoms with Gasteiger partial charge in [-0.3, -0.25) is 4.68 Å². The van der Waals surface area contributed by atoms with Crippen molar-refractivity contribution in [3.8, 4) is 11.4 Å². The van der Waals surface area contributed by atoms with E-state index in [9.17, 15) is 5.11 Å². The third-order valence-corrected chi connectivity index (χ3v) is 2.43. The second kappa shape index (κ2) is 4.02. The Balaban J connectivity index is 2.42. The molecule has 0 radical (unpaired) electrons. The zero-order valence-electron chi connectivity index (χ0n) is 9.55. The van der Waals surface area contributed by atoms with Crippen LogP contribution in [0.1, 0.15) is 24.3 Å². The summed E-state index contributed by atoms with van der Waals surface area (Å²) in [6.07, 6.45) is 4.70. The van der Waals surface area contributed by atoms with E-state index in [1.165, 1.54) is 0 Å². The van der Waals surface area contributed by atoms with E-state index in [0.29, 0.717) is 5.82 Å². The molecule has 2 heterocycles. The second-order valence-corrected chi connectivity index (χ2v) is 3.81. The number of rotatable bonds is 2. The van der Waals surface area contributed by atoms with E-state index < -0.39 is 6.10 Å². The topological polar surface area (TPSA) is 63.8 Å². The van der Waals surface area contributed by atoms with Gasteiger partial charge in [-0.15, -0.1) is 0 Å². The minimum atomic E-state index is -0.539. The van der Waals surface area contributed by atoms with Crippen molar-refractivity contribution in [2.45, 2.75) is 20.0 Å². The van der Waals surface area contributed by atoms with Crippen molar-refractivity contribution >= 4 is 0 Å². The van der Waals surface area contributed by atoms with Crippen LogP contribution in [0, 0.1) is 6.92 Å². The van der Waals surface area contributed by atoms with Gasteiger partial charge in [0.1, 0.15) is 0 Å². The Morgan fingerprint density at radius 3 is 2.62 bits per heavy atom. The van der Waals surface area contributed by atoms with Crippen LogP contribution in [-0.2, 0) is 7.05 Å².